The van der Waals surface area contributed by atoms with Crippen molar-refractivity contribution in [2.75, 3.05) is 13.1 Å². The molecule has 3 amide bonds. The first-order valence-electron chi connectivity index (χ1n) is 7.75. The van der Waals surface area contributed by atoms with Crippen LogP contribution >= 0.6 is 0 Å². The number of hydrogen-bond acceptors (Lipinski definition) is 6. The molecular formula is C14H27N5O5. The molecule has 0 aliphatic carbocycles. The molecule has 0 spiro atoms. The summed E-state index contributed by atoms with van der Waals surface area (Å²) in [4.78, 5) is 45.7. The third-order valence-corrected chi connectivity index (χ3v) is 3.22. The van der Waals surface area contributed by atoms with Gasteiger partial charge in [-0.05, 0) is 33.2 Å². The van der Waals surface area contributed by atoms with Gasteiger partial charge in [-0.1, -0.05) is 6.42 Å². The molecule has 0 radical (unpaired) electrons. The van der Waals surface area contributed by atoms with Gasteiger partial charge in [-0.2, -0.15) is 0 Å². The molecule has 0 saturated heterocycles. The Morgan fingerprint density at radius 2 is 1.50 bits per heavy atom. The van der Waals surface area contributed by atoms with E-state index in [2.05, 4.69) is 16.0 Å². The first kappa shape index (κ1) is 21.8. The van der Waals surface area contributed by atoms with Crippen molar-refractivity contribution in [1.82, 2.24) is 16.0 Å². The minimum absolute atomic E-state index is 0.461. The van der Waals surface area contributed by atoms with Gasteiger partial charge in [-0.15, -0.1) is 0 Å². The van der Waals surface area contributed by atoms with Gasteiger partial charge in [0.05, 0.1) is 6.04 Å². The van der Waals surface area contributed by atoms with Crippen LogP contribution in [-0.4, -0.2) is 60.0 Å². The molecule has 10 heteroatoms. The fourth-order valence-corrected chi connectivity index (χ4v) is 1.75. The highest BCUT2D eigenvalue weighted by atomic mass is 16.4. The number of rotatable bonds is 11. The SMILES string of the molecule is CC(NC(=O)C(N)CCCCN)C(=O)NC(C)C(=O)NCC(=O)O. The molecule has 0 aliphatic heterocycles. The summed E-state index contributed by atoms with van der Waals surface area (Å²) >= 11 is 0. The lowest BCUT2D eigenvalue weighted by atomic mass is 10.1. The van der Waals surface area contributed by atoms with Crippen LogP contribution in [0.4, 0.5) is 0 Å². The fraction of sp³-hybridized carbons (Fsp3) is 0.714. The zero-order valence-corrected chi connectivity index (χ0v) is 14.0. The van der Waals surface area contributed by atoms with E-state index in [1.165, 1.54) is 13.8 Å². The summed E-state index contributed by atoms with van der Waals surface area (Å²) in [5, 5.41) is 15.5. The van der Waals surface area contributed by atoms with Crippen LogP contribution in [0.5, 0.6) is 0 Å². The Morgan fingerprint density at radius 3 is 2.04 bits per heavy atom. The smallest absolute Gasteiger partial charge is 0.322 e. The van der Waals surface area contributed by atoms with Crippen molar-refractivity contribution < 1.29 is 24.3 Å². The third-order valence-electron chi connectivity index (χ3n) is 3.22. The molecule has 0 fully saturated rings. The number of carboxylic acid groups (broad SMARTS) is 1. The lowest BCUT2D eigenvalue weighted by molar-refractivity contribution is -0.138. The molecule has 3 atom stereocenters. The molecule has 0 saturated carbocycles. The van der Waals surface area contributed by atoms with Gasteiger partial charge in [0, 0.05) is 0 Å². The summed E-state index contributed by atoms with van der Waals surface area (Å²) in [5.74, 6) is -2.86. The number of aliphatic carboxylic acids is 1. The van der Waals surface area contributed by atoms with Gasteiger partial charge < -0.3 is 32.5 Å². The molecule has 138 valence electrons. The average molecular weight is 345 g/mol. The summed E-state index contributed by atoms with van der Waals surface area (Å²) in [6.07, 6.45) is 1.94. The second-order valence-electron chi connectivity index (χ2n) is 5.46. The standard InChI is InChI=1S/C14H27N5O5/c1-8(12(22)17-7-11(20)21)18-13(23)9(2)19-14(24)10(16)5-3-4-6-15/h8-10H,3-7,15-16H2,1-2H3,(H,17,22)(H,18,23)(H,19,24)(H,20,21). The number of hydrogen-bond donors (Lipinski definition) is 6. The van der Waals surface area contributed by atoms with Gasteiger partial charge in [-0.25, -0.2) is 0 Å². The van der Waals surface area contributed by atoms with Crippen LogP contribution in [0.1, 0.15) is 33.1 Å². The van der Waals surface area contributed by atoms with Gasteiger partial charge in [-0.3, -0.25) is 19.2 Å². The number of nitrogens with two attached hydrogens (primary N) is 2. The highest BCUT2D eigenvalue weighted by Gasteiger charge is 2.23. The Balaban J connectivity index is 4.28. The van der Waals surface area contributed by atoms with Crippen LogP contribution in [0, 0.1) is 0 Å². The van der Waals surface area contributed by atoms with Crippen molar-refractivity contribution in [2.45, 2.75) is 51.2 Å². The first-order chi connectivity index (χ1) is 11.2. The Hall–Kier alpha value is -2.20. The number of carboxylic acids is 1. The molecule has 0 aromatic rings. The van der Waals surface area contributed by atoms with Crippen molar-refractivity contribution in [1.29, 1.82) is 0 Å². The van der Waals surface area contributed by atoms with E-state index in [4.69, 9.17) is 16.6 Å². The topological polar surface area (TPSA) is 177 Å². The van der Waals surface area contributed by atoms with Crippen molar-refractivity contribution in [2.24, 2.45) is 11.5 Å². The molecular weight excluding hydrogens is 318 g/mol. The van der Waals surface area contributed by atoms with E-state index in [1.807, 2.05) is 0 Å². The largest absolute Gasteiger partial charge is 0.480 e. The van der Waals surface area contributed by atoms with Crippen molar-refractivity contribution >= 4 is 23.7 Å². The zero-order chi connectivity index (χ0) is 18.7. The summed E-state index contributed by atoms with van der Waals surface area (Å²) < 4.78 is 0. The van der Waals surface area contributed by atoms with E-state index < -0.39 is 48.4 Å². The van der Waals surface area contributed by atoms with Crippen molar-refractivity contribution in [3.63, 3.8) is 0 Å². The Labute approximate surface area is 140 Å². The number of unbranched alkanes of at least 4 members (excludes halogenated alkanes) is 1. The second kappa shape index (κ2) is 11.4. The molecule has 0 aliphatic rings. The van der Waals surface area contributed by atoms with Gasteiger partial charge in [0.15, 0.2) is 0 Å². The maximum atomic E-state index is 11.9. The number of nitrogens with one attached hydrogen (secondary N) is 3. The van der Waals surface area contributed by atoms with Crippen molar-refractivity contribution in [3.05, 3.63) is 0 Å². The van der Waals surface area contributed by atoms with Gasteiger partial charge in [0.25, 0.3) is 0 Å². The number of carbonyl (C=O) groups excluding carboxylic acids is 3. The van der Waals surface area contributed by atoms with E-state index in [9.17, 15) is 19.2 Å². The molecule has 0 aromatic heterocycles. The third kappa shape index (κ3) is 9.06. The maximum Gasteiger partial charge on any atom is 0.322 e. The predicted molar refractivity (Wildman–Crippen MR) is 86.7 cm³/mol. The molecule has 3 unspecified atom stereocenters. The molecule has 0 aromatic carbocycles. The van der Waals surface area contributed by atoms with Crippen LogP contribution in [0.3, 0.4) is 0 Å². The monoisotopic (exact) mass is 345 g/mol. The quantitative estimate of drug-likeness (QED) is 0.227. The minimum Gasteiger partial charge on any atom is -0.480 e. The van der Waals surface area contributed by atoms with Crippen LogP contribution in [0.15, 0.2) is 0 Å². The summed E-state index contributed by atoms with van der Waals surface area (Å²) in [6.45, 7) is 2.85. The fourth-order valence-electron chi connectivity index (χ4n) is 1.75. The molecule has 0 rings (SSSR count). The van der Waals surface area contributed by atoms with E-state index in [0.717, 1.165) is 6.42 Å². The molecule has 24 heavy (non-hydrogen) atoms. The van der Waals surface area contributed by atoms with Crippen LogP contribution in [0.25, 0.3) is 0 Å². The van der Waals surface area contributed by atoms with Crippen LogP contribution in [0.2, 0.25) is 0 Å². The van der Waals surface area contributed by atoms with Gasteiger partial charge in [0.1, 0.15) is 18.6 Å². The highest BCUT2D eigenvalue weighted by Crippen LogP contribution is 1.99. The van der Waals surface area contributed by atoms with Crippen LogP contribution < -0.4 is 27.4 Å². The molecule has 10 nitrogen and oxygen atoms in total. The summed E-state index contributed by atoms with van der Waals surface area (Å²) in [7, 11) is 0. The Morgan fingerprint density at radius 1 is 0.958 bits per heavy atom. The first-order valence-corrected chi connectivity index (χ1v) is 7.75. The average Bonchev–Trinajstić information content (AvgIpc) is 2.52. The van der Waals surface area contributed by atoms with Crippen LogP contribution in [-0.2, 0) is 19.2 Å². The second-order valence-corrected chi connectivity index (χ2v) is 5.46. The number of carbonyl (C=O) groups is 4. The van der Waals surface area contributed by atoms with Gasteiger partial charge >= 0.3 is 5.97 Å². The van der Waals surface area contributed by atoms with E-state index in [1.54, 1.807) is 0 Å². The predicted octanol–water partition coefficient (Wildman–Crippen LogP) is -2.35. The molecule has 0 heterocycles. The van der Waals surface area contributed by atoms with Gasteiger partial charge in [0.2, 0.25) is 17.7 Å². The maximum absolute atomic E-state index is 11.9. The van der Waals surface area contributed by atoms with E-state index in [0.29, 0.717) is 19.4 Å². The van der Waals surface area contributed by atoms with E-state index >= 15 is 0 Å². The highest BCUT2D eigenvalue weighted by molar-refractivity contribution is 5.93. The lowest BCUT2D eigenvalue weighted by Crippen LogP contribution is -2.54. The van der Waals surface area contributed by atoms with Crippen molar-refractivity contribution in [3.8, 4) is 0 Å². The Kier molecular flexibility index (Phi) is 10.3. The minimum atomic E-state index is -1.19. The summed E-state index contributed by atoms with van der Waals surface area (Å²) in [6, 6.07) is -2.55. The normalized spacial score (nSPS) is 14.2. The number of amides is 3. The molecule has 8 N–H and O–H groups in total. The summed E-state index contributed by atoms with van der Waals surface area (Å²) in [5.41, 5.74) is 11.1. The van der Waals surface area contributed by atoms with E-state index in [-0.39, 0.29) is 0 Å². The zero-order valence-electron chi connectivity index (χ0n) is 14.0. The lowest BCUT2D eigenvalue weighted by Gasteiger charge is -2.19. The Bertz CT molecular complexity index is 457. The molecule has 0 bridgehead atoms.